The minimum absolute atomic E-state index is 0.244. The lowest BCUT2D eigenvalue weighted by Crippen LogP contribution is -2.17. The van der Waals surface area contributed by atoms with E-state index < -0.39 is 0 Å². The van der Waals surface area contributed by atoms with Crippen LogP contribution in [-0.4, -0.2) is 5.91 Å². The van der Waals surface area contributed by atoms with E-state index in [1.165, 1.54) is 0 Å². The third-order valence-corrected chi connectivity index (χ3v) is 1.99. The van der Waals surface area contributed by atoms with Gasteiger partial charge < -0.3 is 5.73 Å². The van der Waals surface area contributed by atoms with Crippen molar-refractivity contribution in [2.24, 2.45) is 11.7 Å². The number of nitrogens with two attached hydrogens (primary N) is 1. The third-order valence-electron chi connectivity index (χ3n) is 1.99. The first-order valence-corrected chi connectivity index (χ1v) is 3.69. The number of amides is 1. The largest absolute Gasteiger partial charge is 0.366 e. The number of hydrogen-bond acceptors (Lipinski definition) is 1. The summed E-state index contributed by atoms with van der Waals surface area (Å²) in [5, 5.41) is 0. The Hall–Kier alpha value is -0.790. The van der Waals surface area contributed by atoms with Crippen LogP contribution in [0, 0.1) is 5.92 Å². The molecule has 0 aromatic rings. The van der Waals surface area contributed by atoms with Gasteiger partial charge in [0, 0.05) is 5.57 Å². The summed E-state index contributed by atoms with van der Waals surface area (Å²) in [4.78, 5) is 10.6. The predicted molar refractivity (Wildman–Crippen MR) is 40.3 cm³/mol. The number of primary amides is 1. The van der Waals surface area contributed by atoms with Gasteiger partial charge in [-0.2, -0.15) is 0 Å². The van der Waals surface area contributed by atoms with Crippen LogP contribution >= 0.6 is 0 Å². The third kappa shape index (κ3) is 1.59. The van der Waals surface area contributed by atoms with Crippen molar-refractivity contribution in [2.45, 2.75) is 26.2 Å². The van der Waals surface area contributed by atoms with Crippen LogP contribution in [0.25, 0.3) is 0 Å². The Labute approximate surface area is 61.1 Å². The smallest absolute Gasteiger partial charge is 0.244 e. The minimum Gasteiger partial charge on any atom is -0.366 e. The standard InChI is InChI=1S/C8H13NO/c1-6-2-4-7(5-3-6)8(9)10/h4,6H,2-3,5H2,1H3,(H2,9,10). The van der Waals surface area contributed by atoms with Crippen molar-refractivity contribution in [3.63, 3.8) is 0 Å². The fraction of sp³-hybridized carbons (Fsp3) is 0.625. The highest BCUT2D eigenvalue weighted by Gasteiger charge is 2.12. The Morgan fingerprint density at radius 3 is 2.90 bits per heavy atom. The molecule has 2 nitrogen and oxygen atoms in total. The first kappa shape index (κ1) is 7.32. The van der Waals surface area contributed by atoms with Gasteiger partial charge in [-0.05, 0) is 25.2 Å². The van der Waals surface area contributed by atoms with E-state index in [1.54, 1.807) is 0 Å². The van der Waals surface area contributed by atoms with Crippen molar-refractivity contribution in [3.8, 4) is 0 Å². The van der Waals surface area contributed by atoms with Crippen LogP contribution in [0.3, 0.4) is 0 Å². The van der Waals surface area contributed by atoms with Crippen LogP contribution in [0.15, 0.2) is 11.6 Å². The topological polar surface area (TPSA) is 43.1 Å². The van der Waals surface area contributed by atoms with Crippen molar-refractivity contribution in [1.82, 2.24) is 0 Å². The minimum atomic E-state index is -0.244. The molecule has 0 saturated heterocycles. The van der Waals surface area contributed by atoms with Gasteiger partial charge in [0.2, 0.25) is 5.91 Å². The maximum atomic E-state index is 10.6. The van der Waals surface area contributed by atoms with Gasteiger partial charge in [-0.1, -0.05) is 13.0 Å². The predicted octanol–water partition coefficient (Wildman–Crippen LogP) is 1.22. The molecular formula is C8H13NO. The Morgan fingerprint density at radius 2 is 2.50 bits per heavy atom. The first-order chi connectivity index (χ1) is 4.70. The second-order valence-corrected chi connectivity index (χ2v) is 2.97. The van der Waals surface area contributed by atoms with Crippen LogP contribution < -0.4 is 5.73 Å². The van der Waals surface area contributed by atoms with Gasteiger partial charge in [0.1, 0.15) is 0 Å². The Kier molecular flexibility index (Phi) is 2.10. The van der Waals surface area contributed by atoms with Crippen molar-refractivity contribution < 1.29 is 4.79 Å². The van der Waals surface area contributed by atoms with Crippen LogP contribution in [0.4, 0.5) is 0 Å². The summed E-state index contributed by atoms with van der Waals surface area (Å²) >= 11 is 0. The molecule has 56 valence electrons. The maximum absolute atomic E-state index is 10.6. The molecule has 2 N–H and O–H groups in total. The Balaban J connectivity index is 2.56. The first-order valence-electron chi connectivity index (χ1n) is 3.69. The molecule has 0 saturated carbocycles. The molecule has 0 aromatic heterocycles. The summed E-state index contributed by atoms with van der Waals surface area (Å²) in [6.45, 7) is 2.19. The zero-order valence-corrected chi connectivity index (χ0v) is 6.26. The SMILES string of the molecule is CC1CC=C(C(N)=O)CC1. The highest BCUT2D eigenvalue weighted by Crippen LogP contribution is 2.21. The fourth-order valence-electron chi connectivity index (χ4n) is 1.19. The molecule has 0 aliphatic heterocycles. The van der Waals surface area contributed by atoms with Crippen molar-refractivity contribution in [3.05, 3.63) is 11.6 Å². The summed E-state index contributed by atoms with van der Waals surface area (Å²) in [6, 6.07) is 0. The molecule has 0 radical (unpaired) electrons. The molecule has 0 heterocycles. The van der Waals surface area contributed by atoms with Gasteiger partial charge >= 0.3 is 0 Å². The summed E-state index contributed by atoms with van der Waals surface area (Å²) < 4.78 is 0. The number of allylic oxidation sites excluding steroid dienone is 1. The zero-order chi connectivity index (χ0) is 7.56. The number of rotatable bonds is 1. The van der Waals surface area contributed by atoms with E-state index in [4.69, 9.17) is 5.73 Å². The summed E-state index contributed by atoms with van der Waals surface area (Å²) in [5.41, 5.74) is 5.92. The van der Waals surface area contributed by atoms with Crippen LogP contribution in [0.1, 0.15) is 26.2 Å². The molecular weight excluding hydrogens is 126 g/mol. The molecule has 0 aromatic carbocycles. The number of hydrogen-bond donors (Lipinski definition) is 1. The Bertz CT molecular complexity index is 172. The molecule has 1 rings (SSSR count). The lowest BCUT2D eigenvalue weighted by Gasteiger charge is -2.15. The lowest BCUT2D eigenvalue weighted by atomic mass is 9.91. The second-order valence-electron chi connectivity index (χ2n) is 2.97. The average Bonchev–Trinajstić information content (AvgIpc) is 1.88. The monoisotopic (exact) mass is 139 g/mol. The molecule has 2 heteroatoms. The number of carbonyl (C=O) groups is 1. The molecule has 1 aliphatic carbocycles. The molecule has 10 heavy (non-hydrogen) atoms. The number of carbonyl (C=O) groups excluding carboxylic acids is 1. The van der Waals surface area contributed by atoms with Crippen molar-refractivity contribution in [1.29, 1.82) is 0 Å². The van der Waals surface area contributed by atoms with Gasteiger partial charge in [0.15, 0.2) is 0 Å². The van der Waals surface area contributed by atoms with Crippen LogP contribution in [0.2, 0.25) is 0 Å². The molecule has 1 atom stereocenters. The molecule has 0 bridgehead atoms. The second kappa shape index (κ2) is 2.86. The molecule has 0 spiro atoms. The van der Waals surface area contributed by atoms with E-state index in [0.29, 0.717) is 0 Å². The molecule has 1 aliphatic rings. The van der Waals surface area contributed by atoms with Crippen molar-refractivity contribution >= 4 is 5.91 Å². The molecule has 1 unspecified atom stereocenters. The van der Waals surface area contributed by atoms with Gasteiger partial charge in [-0.25, -0.2) is 0 Å². The van der Waals surface area contributed by atoms with Gasteiger partial charge in [-0.3, -0.25) is 4.79 Å². The van der Waals surface area contributed by atoms with E-state index in [-0.39, 0.29) is 5.91 Å². The Morgan fingerprint density at radius 1 is 1.80 bits per heavy atom. The normalized spacial score (nSPS) is 25.7. The van der Waals surface area contributed by atoms with Gasteiger partial charge in [0.05, 0.1) is 0 Å². The summed E-state index contributed by atoms with van der Waals surface area (Å²) in [7, 11) is 0. The van der Waals surface area contributed by atoms with E-state index in [0.717, 1.165) is 30.8 Å². The fourth-order valence-corrected chi connectivity index (χ4v) is 1.19. The van der Waals surface area contributed by atoms with Crippen molar-refractivity contribution in [2.75, 3.05) is 0 Å². The summed E-state index contributed by atoms with van der Waals surface area (Å²) in [5.74, 6) is 0.481. The van der Waals surface area contributed by atoms with E-state index >= 15 is 0 Å². The van der Waals surface area contributed by atoms with Crippen LogP contribution in [-0.2, 0) is 4.79 Å². The van der Waals surface area contributed by atoms with Gasteiger partial charge in [-0.15, -0.1) is 0 Å². The highest BCUT2D eigenvalue weighted by atomic mass is 16.1. The average molecular weight is 139 g/mol. The van der Waals surface area contributed by atoms with E-state index in [9.17, 15) is 4.79 Å². The maximum Gasteiger partial charge on any atom is 0.244 e. The highest BCUT2D eigenvalue weighted by molar-refractivity contribution is 5.91. The van der Waals surface area contributed by atoms with Gasteiger partial charge in [0.25, 0.3) is 0 Å². The lowest BCUT2D eigenvalue weighted by molar-refractivity contribution is -0.114. The van der Waals surface area contributed by atoms with Crippen LogP contribution in [0.5, 0.6) is 0 Å². The van der Waals surface area contributed by atoms with E-state index in [2.05, 4.69) is 6.92 Å². The summed E-state index contributed by atoms with van der Waals surface area (Å²) in [6.07, 6.45) is 4.96. The molecule has 1 amide bonds. The quantitative estimate of drug-likeness (QED) is 0.583. The zero-order valence-electron chi connectivity index (χ0n) is 6.26. The van der Waals surface area contributed by atoms with E-state index in [1.807, 2.05) is 6.08 Å². The molecule has 0 fully saturated rings.